The van der Waals surface area contributed by atoms with E-state index in [-0.39, 0.29) is 42.5 Å². The molecular formula is C26H28BrN3O10. The summed E-state index contributed by atoms with van der Waals surface area (Å²) in [6, 6.07) is 1.74. The molecule has 0 aliphatic heterocycles. The molecular weight excluding hydrogens is 594 g/mol. The molecule has 214 valence electrons. The van der Waals surface area contributed by atoms with E-state index in [9.17, 15) is 44.4 Å². The number of fused-ring (bicyclic) bond motifs is 3. The second-order valence-electron chi connectivity index (χ2n) is 10.3. The molecule has 1 aromatic rings. The van der Waals surface area contributed by atoms with Crippen LogP contribution in [0.3, 0.4) is 0 Å². The topological polar surface area (TPSA) is 228 Å². The lowest BCUT2D eigenvalue weighted by molar-refractivity contribution is -0.153. The number of phenolic OH excluding ortho intramolecular Hbond substituents is 1. The number of hydrogen-bond donors (Lipinski definition) is 7. The van der Waals surface area contributed by atoms with E-state index in [1.54, 1.807) is 0 Å². The second-order valence-corrected chi connectivity index (χ2v) is 11.5. The summed E-state index contributed by atoms with van der Waals surface area (Å²) in [4.78, 5) is 62.8. The Balaban J connectivity index is 1.78. The first-order valence-electron chi connectivity index (χ1n) is 12.3. The molecule has 1 fully saturated rings. The number of carbonyl (C=O) groups excluding carboxylic acids is 4. The number of aliphatic hydroxyl groups is 3. The number of carbonyl (C=O) groups is 5. The quantitative estimate of drug-likeness (QED) is 0.126. The Bertz CT molecular complexity index is 1420. The maximum Gasteiger partial charge on any atom is 0.303 e. The van der Waals surface area contributed by atoms with Gasteiger partial charge < -0.3 is 36.6 Å². The smallest absolute Gasteiger partial charge is 0.303 e. The van der Waals surface area contributed by atoms with Crippen LogP contribution in [0.25, 0.3) is 5.76 Å². The van der Waals surface area contributed by atoms with Crippen LogP contribution >= 0.6 is 15.9 Å². The summed E-state index contributed by atoms with van der Waals surface area (Å²) >= 11 is 3.10. The molecule has 0 saturated heterocycles. The van der Waals surface area contributed by atoms with E-state index < -0.39 is 80.5 Å². The minimum Gasteiger partial charge on any atom is -0.508 e. The number of amides is 2. The van der Waals surface area contributed by atoms with Crippen molar-refractivity contribution in [2.45, 2.75) is 42.2 Å². The van der Waals surface area contributed by atoms with Crippen molar-refractivity contribution in [1.29, 1.82) is 0 Å². The number of rotatable bonds is 7. The maximum atomic E-state index is 13.8. The van der Waals surface area contributed by atoms with Gasteiger partial charge in [0.1, 0.15) is 22.8 Å². The number of ketones is 2. The summed E-state index contributed by atoms with van der Waals surface area (Å²) < 4.78 is 0. The molecule has 0 heterocycles. The molecule has 0 bridgehead atoms. The first-order chi connectivity index (χ1) is 18.6. The zero-order chi connectivity index (χ0) is 29.8. The minimum absolute atomic E-state index is 0.0289. The summed E-state index contributed by atoms with van der Waals surface area (Å²) in [5, 5.41) is 56.0. The lowest BCUT2D eigenvalue weighted by Gasteiger charge is -2.50. The van der Waals surface area contributed by atoms with E-state index >= 15 is 0 Å². The van der Waals surface area contributed by atoms with Crippen LogP contribution in [-0.2, 0) is 30.4 Å². The highest BCUT2D eigenvalue weighted by atomic mass is 79.9. The average Bonchev–Trinajstić information content (AvgIpc) is 2.85. The molecule has 0 spiro atoms. The Hall–Kier alpha value is -3.75. The molecule has 40 heavy (non-hydrogen) atoms. The number of hydrogen-bond acceptors (Lipinski definition) is 10. The van der Waals surface area contributed by atoms with Crippen molar-refractivity contribution in [1.82, 2.24) is 4.90 Å². The summed E-state index contributed by atoms with van der Waals surface area (Å²) in [6.07, 6.45) is -0.243. The van der Waals surface area contributed by atoms with Gasteiger partial charge in [-0.1, -0.05) is 22.0 Å². The van der Waals surface area contributed by atoms with Crippen LogP contribution in [0.2, 0.25) is 0 Å². The van der Waals surface area contributed by atoms with Crippen LogP contribution in [0.4, 0.5) is 5.69 Å². The normalized spacial score (nSPS) is 26.7. The number of halogens is 1. The Morgan fingerprint density at radius 3 is 2.42 bits per heavy atom. The first-order valence-corrected chi connectivity index (χ1v) is 13.2. The molecule has 8 N–H and O–H groups in total. The summed E-state index contributed by atoms with van der Waals surface area (Å²) in [5.41, 5.74) is 1.47. The number of carboxylic acid groups (broad SMARTS) is 1. The van der Waals surface area contributed by atoms with Crippen molar-refractivity contribution < 1.29 is 49.5 Å². The SMILES string of the molecule is CN(C)C1C(=O)C(C(N)=O)=C(O)C2(O)C(=O)C3=C(O)c4c(ccc(NC(=O)[C@@H](Br)CCC(=O)O)c4O)CC3CC12. The van der Waals surface area contributed by atoms with Gasteiger partial charge >= 0.3 is 5.97 Å². The zero-order valence-electron chi connectivity index (χ0n) is 21.5. The van der Waals surface area contributed by atoms with Crippen LogP contribution in [0.15, 0.2) is 29.0 Å². The maximum absolute atomic E-state index is 13.8. The third kappa shape index (κ3) is 4.45. The lowest BCUT2D eigenvalue weighted by Crippen LogP contribution is -2.65. The van der Waals surface area contributed by atoms with E-state index in [0.29, 0.717) is 5.56 Å². The number of alkyl halides is 1. The van der Waals surface area contributed by atoms with Crippen molar-refractivity contribution in [3.63, 3.8) is 0 Å². The summed E-state index contributed by atoms with van der Waals surface area (Å²) in [7, 11) is 3.03. The van der Waals surface area contributed by atoms with E-state index in [1.165, 1.54) is 31.1 Å². The molecule has 4 unspecified atom stereocenters. The number of primary amides is 1. The van der Waals surface area contributed by atoms with Crippen molar-refractivity contribution in [3.8, 4) is 5.75 Å². The summed E-state index contributed by atoms with van der Waals surface area (Å²) in [5.74, 6) is -9.39. The monoisotopic (exact) mass is 621 g/mol. The number of carboxylic acids is 1. The molecule has 0 aromatic heterocycles. The van der Waals surface area contributed by atoms with Crippen molar-refractivity contribution in [3.05, 3.63) is 40.2 Å². The van der Waals surface area contributed by atoms with Gasteiger partial charge in [0.2, 0.25) is 11.7 Å². The van der Waals surface area contributed by atoms with Crippen LogP contribution in [0, 0.1) is 11.8 Å². The standard InChI is InChI=1S/C26H28BrN3O10/c1-30(2)18-11-8-10-7-9-3-5-13(29-25(39)12(27)4-6-14(31)32)19(33)15(9)20(34)16(10)22(36)26(11,40)23(37)17(21(18)35)24(28)38/h3,5,10-12,18,33-34,37,40H,4,6-8H2,1-2H3,(H2,28,38)(H,29,39)(H,31,32)/t10?,11?,12-,18?,26?/m0/s1. The van der Waals surface area contributed by atoms with Crippen molar-refractivity contribution in [2.75, 3.05) is 19.4 Å². The van der Waals surface area contributed by atoms with Crippen LogP contribution < -0.4 is 11.1 Å². The predicted molar refractivity (Wildman–Crippen MR) is 142 cm³/mol. The fraction of sp³-hybridized carbons (Fsp3) is 0.423. The highest BCUT2D eigenvalue weighted by Gasteiger charge is 2.64. The van der Waals surface area contributed by atoms with Crippen LogP contribution in [0.1, 0.15) is 30.4 Å². The van der Waals surface area contributed by atoms with Gasteiger partial charge in [-0.05, 0) is 50.9 Å². The molecule has 1 aromatic carbocycles. The number of anilines is 1. The number of aliphatic hydroxyl groups excluding tert-OH is 2. The minimum atomic E-state index is -2.75. The fourth-order valence-electron chi connectivity index (χ4n) is 5.91. The highest BCUT2D eigenvalue weighted by Crippen LogP contribution is 2.53. The van der Waals surface area contributed by atoms with Gasteiger partial charge in [0.15, 0.2) is 11.4 Å². The third-order valence-electron chi connectivity index (χ3n) is 7.75. The number of nitrogens with one attached hydrogen (secondary N) is 1. The number of Topliss-reactive ketones (excluding diaryl/α,β-unsaturated/α-hetero) is 2. The molecule has 14 heteroatoms. The Labute approximate surface area is 236 Å². The zero-order valence-corrected chi connectivity index (χ0v) is 23.1. The number of aromatic hydroxyl groups is 1. The van der Waals surface area contributed by atoms with Gasteiger partial charge in [-0.3, -0.25) is 28.9 Å². The molecule has 5 atom stereocenters. The molecule has 1 saturated carbocycles. The van der Waals surface area contributed by atoms with Gasteiger partial charge in [0.25, 0.3) is 5.91 Å². The van der Waals surface area contributed by atoms with Gasteiger partial charge in [0, 0.05) is 17.9 Å². The Kier molecular flexibility index (Phi) is 7.56. The predicted octanol–water partition coefficient (Wildman–Crippen LogP) is 0.531. The van der Waals surface area contributed by atoms with Crippen molar-refractivity contribution >= 4 is 56.7 Å². The first kappa shape index (κ1) is 29.2. The van der Waals surface area contributed by atoms with Crippen LogP contribution in [-0.4, -0.2) is 90.3 Å². The molecule has 3 aliphatic carbocycles. The van der Waals surface area contributed by atoms with Crippen molar-refractivity contribution in [2.24, 2.45) is 17.6 Å². The number of phenols is 1. The second kappa shape index (κ2) is 10.3. The van der Waals surface area contributed by atoms with E-state index in [4.69, 9.17) is 10.8 Å². The van der Waals surface area contributed by atoms with E-state index in [1.807, 2.05) is 0 Å². The number of benzene rings is 1. The molecule has 0 radical (unpaired) electrons. The lowest BCUT2D eigenvalue weighted by atomic mass is 9.57. The third-order valence-corrected chi connectivity index (χ3v) is 8.62. The van der Waals surface area contributed by atoms with E-state index in [0.717, 1.165) is 0 Å². The average molecular weight is 622 g/mol. The Morgan fingerprint density at radius 2 is 1.85 bits per heavy atom. The summed E-state index contributed by atoms with van der Waals surface area (Å²) in [6.45, 7) is 0. The van der Waals surface area contributed by atoms with Gasteiger partial charge in [-0.25, -0.2) is 0 Å². The van der Waals surface area contributed by atoms with E-state index in [2.05, 4.69) is 21.2 Å². The fourth-order valence-corrected chi connectivity index (χ4v) is 6.26. The molecule has 4 rings (SSSR count). The number of nitrogens with zero attached hydrogens (tertiary/aromatic N) is 1. The number of aliphatic carboxylic acids is 1. The van der Waals surface area contributed by atoms with Crippen LogP contribution in [0.5, 0.6) is 5.75 Å². The molecule has 13 nitrogen and oxygen atoms in total. The highest BCUT2D eigenvalue weighted by molar-refractivity contribution is 9.10. The van der Waals surface area contributed by atoms with Gasteiger partial charge in [-0.2, -0.15) is 0 Å². The number of nitrogens with two attached hydrogens (primary N) is 1. The van der Waals surface area contributed by atoms with Gasteiger partial charge in [-0.15, -0.1) is 0 Å². The van der Waals surface area contributed by atoms with Gasteiger partial charge in [0.05, 0.1) is 22.1 Å². The largest absolute Gasteiger partial charge is 0.508 e. The number of likely N-dealkylation sites (N-methyl/N-ethyl adjacent to an activating group) is 1. The Morgan fingerprint density at radius 1 is 1.20 bits per heavy atom. The molecule has 3 aliphatic rings. The molecule has 2 amide bonds.